The first-order valence-corrected chi connectivity index (χ1v) is 8.13. The Hall–Kier alpha value is -1.03. The van der Waals surface area contributed by atoms with E-state index < -0.39 is 0 Å². The maximum absolute atomic E-state index is 3.59. The molecular formula is C18H22IN. The highest BCUT2D eigenvalue weighted by molar-refractivity contribution is 14.1. The molecule has 0 amide bonds. The molecule has 1 N–H and O–H groups in total. The SMILES string of the molecule is CC(CC(C)(C)c1ccccc1)Nc1ccc(I)cc1. The van der Waals surface area contributed by atoms with Crippen molar-refractivity contribution in [1.82, 2.24) is 0 Å². The Morgan fingerprint density at radius 2 is 1.60 bits per heavy atom. The van der Waals surface area contributed by atoms with Crippen LogP contribution in [-0.4, -0.2) is 6.04 Å². The number of hydrogen-bond donors (Lipinski definition) is 1. The van der Waals surface area contributed by atoms with Crippen molar-refractivity contribution < 1.29 is 0 Å². The number of hydrogen-bond acceptors (Lipinski definition) is 1. The van der Waals surface area contributed by atoms with E-state index in [-0.39, 0.29) is 5.41 Å². The summed E-state index contributed by atoms with van der Waals surface area (Å²) in [5.41, 5.74) is 2.77. The quantitative estimate of drug-likeness (QED) is 0.681. The molecule has 2 rings (SSSR count). The standard InChI is InChI=1S/C18H22IN/c1-14(20-17-11-9-16(19)10-12-17)13-18(2,3)15-7-5-4-6-8-15/h4-12,14,20H,13H2,1-3H3. The molecule has 0 aromatic heterocycles. The van der Waals surface area contributed by atoms with Crippen LogP contribution in [0.3, 0.4) is 0 Å². The predicted octanol–water partition coefficient (Wildman–Crippen LogP) is 5.46. The average molecular weight is 379 g/mol. The lowest BCUT2D eigenvalue weighted by molar-refractivity contribution is 0.450. The van der Waals surface area contributed by atoms with Gasteiger partial charge in [0.2, 0.25) is 0 Å². The third kappa shape index (κ3) is 4.23. The third-order valence-electron chi connectivity index (χ3n) is 3.63. The van der Waals surface area contributed by atoms with Crippen LogP contribution < -0.4 is 5.32 Å². The Kier molecular flexibility index (Phi) is 5.08. The topological polar surface area (TPSA) is 12.0 Å². The monoisotopic (exact) mass is 379 g/mol. The lowest BCUT2D eigenvalue weighted by Crippen LogP contribution is -2.27. The minimum atomic E-state index is 0.177. The Balaban J connectivity index is 2.00. The Bertz CT molecular complexity index is 531. The fraction of sp³-hybridized carbons (Fsp3) is 0.333. The van der Waals surface area contributed by atoms with Gasteiger partial charge in [-0.3, -0.25) is 0 Å². The lowest BCUT2D eigenvalue weighted by Gasteiger charge is -2.29. The molecule has 1 unspecified atom stereocenters. The second kappa shape index (κ2) is 6.61. The van der Waals surface area contributed by atoms with E-state index >= 15 is 0 Å². The highest BCUT2D eigenvalue weighted by Gasteiger charge is 2.23. The van der Waals surface area contributed by atoms with Crippen molar-refractivity contribution >= 4 is 28.3 Å². The Morgan fingerprint density at radius 3 is 2.20 bits per heavy atom. The number of benzene rings is 2. The minimum absolute atomic E-state index is 0.177. The van der Waals surface area contributed by atoms with Crippen LogP contribution in [0.25, 0.3) is 0 Å². The molecule has 0 spiro atoms. The molecule has 106 valence electrons. The zero-order valence-corrected chi connectivity index (χ0v) is 14.5. The van der Waals surface area contributed by atoms with Crippen molar-refractivity contribution in [3.63, 3.8) is 0 Å². The number of nitrogens with one attached hydrogen (secondary N) is 1. The van der Waals surface area contributed by atoms with E-state index in [4.69, 9.17) is 0 Å². The fourth-order valence-electron chi connectivity index (χ4n) is 2.65. The Labute approximate surface area is 135 Å². The van der Waals surface area contributed by atoms with Crippen molar-refractivity contribution in [2.45, 2.75) is 38.6 Å². The second-order valence-corrected chi connectivity index (χ2v) is 7.25. The van der Waals surface area contributed by atoms with Gasteiger partial charge in [-0.1, -0.05) is 44.2 Å². The fourth-order valence-corrected chi connectivity index (χ4v) is 3.01. The van der Waals surface area contributed by atoms with Crippen molar-refractivity contribution in [2.24, 2.45) is 0 Å². The number of anilines is 1. The first kappa shape index (κ1) is 15.4. The van der Waals surface area contributed by atoms with Crippen molar-refractivity contribution in [2.75, 3.05) is 5.32 Å². The molecule has 0 bridgehead atoms. The van der Waals surface area contributed by atoms with E-state index in [0.29, 0.717) is 6.04 Å². The molecule has 2 aromatic carbocycles. The van der Waals surface area contributed by atoms with Gasteiger partial charge in [-0.25, -0.2) is 0 Å². The van der Waals surface area contributed by atoms with Crippen LogP contribution in [0.4, 0.5) is 5.69 Å². The smallest absolute Gasteiger partial charge is 0.0342 e. The van der Waals surface area contributed by atoms with E-state index in [9.17, 15) is 0 Å². The molecule has 20 heavy (non-hydrogen) atoms. The molecule has 0 saturated carbocycles. The zero-order valence-electron chi connectivity index (χ0n) is 12.4. The molecule has 2 heteroatoms. The first-order valence-electron chi connectivity index (χ1n) is 7.05. The summed E-state index contributed by atoms with van der Waals surface area (Å²) in [5, 5.41) is 3.59. The molecule has 0 radical (unpaired) electrons. The van der Waals surface area contributed by atoms with Gasteiger partial charge in [0.25, 0.3) is 0 Å². The Morgan fingerprint density at radius 1 is 1.00 bits per heavy atom. The van der Waals surface area contributed by atoms with Gasteiger partial charge in [0.15, 0.2) is 0 Å². The van der Waals surface area contributed by atoms with Gasteiger partial charge in [-0.2, -0.15) is 0 Å². The van der Waals surface area contributed by atoms with Gasteiger partial charge in [0, 0.05) is 15.3 Å². The molecule has 1 atom stereocenters. The van der Waals surface area contributed by atoms with Gasteiger partial charge in [-0.05, 0) is 71.2 Å². The summed E-state index contributed by atoms with van der Waals surface area (Å²) in [6.07, 6.45) is 1.10. The zero-order chi connectivity index (χ0) is 14.6. The average Bonchev–Trinajstić information content (AvgIpc) is 2.42. The highest BCUT2D eigenvalue weighted by atomic mass is 127. The number of rotatable bonds is 5. The van der Waals surface area contributed by atoms with E-state index in [0.717, 1.165) is 6.42 Å². The predicted molar refractivity (Wildman–Crippen MR) is 96.3 cm³/mol. The summed E-state index contributed by atoms with van der Waals surface area (Å²) in [6, 6.07) is 19.8. The lowest BCUT2D eigenvalue weighted by atomic mass is 9.79. The van der Waals surface area contributed by atoms with Crippen molar-refractivity contribution in [3.8, 4) is 0 Å². The van der Waals surface area contributed by atoms with Crippen LogP contribution in [0.5, 0.6) is 0 Å². The summed E-state index contributed by atoms with van der Waals surface area (Å²) in [5.74, 6) is 0. The van der Waals surface area contributed by atoms with E-state index in [1.807, 2.05) is 0 Å². The van der Waals surface area contributed by atoms with Crippen molar-refractivity contribution in [1.29, 1.82) is 0 Å². The van der Waals surface area contributed by atoms with E-state index in [1.165, 1.54) is 14.8 Å². The summed E-state index contributed by atoms with van der Waals surface area (Å²) in [6.45, 7) is 6.88. The molecule has 0 saturated heterocycles. The summed E-state index contributed by atoms with van der Waals surface area (Å²) < 4.78 is 1.27. The maximum Gasteiger partial charge on any atom is 0.0342 e. The molecule has 0 aliphatic rings. The van der Waals surface area contributed by atoms with Gasteiger partial charge >= 0.3 is 0 Å². The normalized spacial score (nSPS) is 13.0. The largest absolute Gasteiger partial charge is 0.383 e. The third-order valence-corrected chi connectivity index (χ3v) is 4.35. The molecule has 1 nitrogen and oxygen atoms in total. The van der Waals surface area contributed by atoms with Crippen LogP contribution in [0, 0.1) is 3.57 Å². The minimum Gasteiger partial charge on any atom is -0.383 e. The van der Waals surface area contributed by atoms with Gasteiger partial charge in [0.05, 0.1) is 0 Å². The van der Waals surface area contributed by atoms with Gasteiger partial charge in [-0.15, -0.1) is 0 Å². The first-order chi connectivity index (χ1) is 9.47. The highest BCUT2D eigenvalue weighted by Crippen LogP contribution is 2.29. The second-order valence-electron chi connectivity index (χ2n) is 6.01. The molecule has 0 heterocycles. The van der Waals surface area contributed by atoms with Gasteiger partial charge in [0.1, 0.15) is 0 Å². The molecule has 0 fully saturated rings. The summed E-state index contributed by atoms with van der Waals surface area (Å²) in [7, 11) is 0. The van der Waals surface area contributed by atoms with Crippen LogP contribution in [0.15, 0.2) is 54.6 Å². The van der Waals surface area contributed by atoms with E-state index in [2.05, 4.69) is 103 Å². The molecule has 2 aromatic rings. The van der Waals surface area contributed by atoms with Crippen LogP contribution in [0.2, 0.25) is 0 Å². The summed E-state index contributed by atoms with van der Waals surface area (Å²) in [4.78, 5) is 0. The molecule has 0 aliphatic carbocycles. The number of halogens is 1. The van der Waals surface area contributed by atoms with Crippen molar-refractivity contribution in [3.05, 3.63) is 63.7 Å². The van der Waals surface area contributed by atoms with Crippen LogP contribution in [-0.2, 0) is 5.41 Å². The van der Waals surface area contributed by atoms with Crippen LogP contribution in [0.1, 0.15) is 32.8 Å². The molecular weight excluding hydrogens is 357 g/mol. The van der Waals surface area contributed by atoms with E-state index in [1.54, 1.807) is 0 Å². The maximum atomic E-state index is 3.59. The van der Waals surface area contributed by atoms with Crippen LogP contribution >= 0.6 is 22.6 Å². The molecule has 0 aliphatic heterocycles. The van der Waals surface area contributed by atoms with Gasteiger partial charge < -0.3 is 5.32 Å². The summed E-state index contributed by atoms with van der Waals surface area (Å²) >= 11 is 2.33.